The summed E-state index contributed by atoms with van der Waals surface area (Å²) in [6.07, 6.45) is -3.81. The van der Waals surface area contributed by atoms with Gasteiger partial charge in [-0.05, 0) is 75.4 Å². The van der Waals surface area contributed by atoms with Crippen molar-refractivity contribution in [2.45, 2.75) is 75.6 Å². The van der Waals surface area contributed by atoms with Crippen molar-refractivity contribution in [2.24, 2.45) is 0 Å². The molecule has 0 aliphatic heterocycles. The molecule has 2 rings (SSSR count). The molecule has 37 heavy (non-hydrogen) atoms. The zero-order chi connectivity index (χ0) is 28.0. The van der Waals surface area contributed by atoms with Crippen LogP contribution < -0.4 is 5.32 Å². The normalized spacial score (nSPS) is 13.8. The number of likely N-dealkylation sites (N-methyl/N-ethyl adjacent to an activating group) is 1. The van der Waals surface area contributed by atoms with E-state index in [-0.39, 0.29) is 30.6 Å². The zero-order valence-electron chi connectivity index (χ0n) is 21.5. The van der Waals surface area contributed by atoms with Gasteiger partial charge in [0.25, 0.3) is 0 Å². The van der Waals surface area contributed by atoms with Gasteiger partial charge in [-0.25, -0.2) is 17.2 Å². The maximum Gasteiger partial charge on any atom is 0.416 e. The monoisotopic (exact) mass is 550 g/mol. The smallest absolute Gasteiger partial charge is 0.390 e. The number of benzene rings is 2. The Labute approximate surface area is 215 Å². The third-order valence-electron chi connectivity index (χ3n) is 6.11. The van der Waals surface area contributed by atoms with Crippen molar-refractivity contribution in [3.05, 3.63) is 64.7 Å². The Morgan fingerprint density at radius 2 is 1.68 bits per heavy atom. The number of rotatable bonds is 13. The molecule has 0 heterocycles. The third kappa shape index (κ3) is 9.01. The molecule has 2 N–H and O–H groups in total. The number of halogens is 5. The molecule has 0 unspecified atom stereocenters. The van der Waals surface area contributed by atoms with Crippen LogP contribution in [0.2, 0.25) is 0 Å². The number of nitrogens with zero attached hydrogens (tertiary/aromatic N) is 1. The summed E-state index contributed by atoms with van der Waals surface area (Å²) in [4.78, 5) is -0.478. The number of β-amino-alcohol motifs (C(OH)–C–C–N with tert-alkyl or cyclic N) is 1. The highest BCUT2D eigenvalue weighted by Crippen LogP contribution is 2.32. The maximum atomic E-state index is 13.8. The first-order valence-electron chi connectivity index (χ1n) is 12.1. The molecule has 0 saturated carbocycles. The van der Waals surface area contributed by atoms with E-state index in [1.165, 1.54) is 31.3 Å². The molecular formula is C26H35F5N2O3S. The SMILES string of the molecule is CCCc1cc(C(F)(F)F)cc(S(=O)(=O)N(C)C[C@H](O)CNC(C)(C)CCCc2c(F)cccc2F)c1. The molecule has 0 bridgehead atoms. The van der Waals surface area contributed by atoms with Crippen LogP contribution in [0.25, 0.3) is 0 Å². The standard InChI is InChI=1S/C26H35F5N2O3S/c1-5-8-18-13-19(26(29,30)31)15-21(14-18)37(35,36)33(4)17-20(34)16-32-25(2,3)12-7-9-22-23(27)10-6-11-24(22)28/h6,10-11,13-15,20,32,34H,5,7-9,12,16-17H2,1-4H3/t20-/m1/s1. The van der Waals surface area contributed by atoms with Gasteiger partial charge in [0.15, 0.2) is 0 Å². The number of aryl methyl sites for hydroxylation is 1. The molecule has 0 aliphatic carbocycles. The van der Waals surface area contributed by atoms with Gasteiger partial charge in [0.1, 0.15) is 11.6 Å². The average Bonchev–Trinajstić information content (AvgIpc) is 2.79. The van der Waals surface area contributed by atoms with Gasteiger partial charge in [-0.3, -0.25) is 0 Å². The van der Waals surface area contributed by atoms with Crippen molar-refractivity contribution in [3.8, 4) is 0 Å². The van der Waals surface area contributed by atoms with Crippen molar-refractivity contribution >= 4 is 10.0 Å². The molecular weight excluding hydrogens is 515 g/mol. The predicted octanol–water partition coefficient (Wildman–Crippen LogP) is 5.31. The quantitative estimate of drug-likeness (QED) is 0.332. The van der Waals surface area contributed by atoms with Crippen LogP contribution in [0.1, 0.15) is 56.7 Å². The Kier molecular flexibility index (Phi) is 10.6. The van der Waals surface area contributed by atoms with Crippen molar-refractivity contribution in [1.82, 2.24) is 9.62 Å². The lowest BCUT2D eigenvalue weighted by atomic mass is 9.95. The number of hydrogen-bond donors (Lipinski definition) is 2. The van der Waals surface area contributed by atoms with E-state index in [1.807, 2.05) is 13.8 Å². The van der Waals surface area contributed by atoms with E-state index in [4.69, 9.17) is 0 Å². The second-order valence-corrected chi connectivity index (χ2v) is 11.9. The topological polar surface area (TPSA) is 69.6 Å². The molecule has 5 nitrogen and oxygen atoms in total. The van der Waals surface area contributed by atoms with Crippen LogP contribution in [0.3, 0.4) is 0 Å². The van der Waals surface area contributed by atoms with Gasteiger partial charge in [-0.2, -0.15) is 17.5 Å². The number of nitrogens with one attached hydrogen (secondary N) is 1. The van der Waals surface area contributed by atoms with Crippen LogP contribution in [0.4, 0.5) is 22.0 Å². The van der Waals surface area contributed by atoms with Crippen LogP contribution in [0.15, 0.2) is 41.3 Å². The van der Waals surface area contributed by atoms with E-state index in [0.29, 0.717) is 31.7 Å². The molecule has 2 aromatic rings. The van der Waals surface area contributed by atoms with Crippen molar-refractivity contribution < 1.29 is 35.5 Å². The molecule has 0 saturated heterocycles. The second kappa shape index (κ2) is 12.6. The number of sulfonamides is 1. The third-order valence-corrected chi connectivity index (χ3v) is 7.92. The first kappa shape index (κ1) is 31.1. The molecule has 1 atom stereocenters. The minimum atomic E-state index is -4.69. The highest BCUT2D eigenvalue weighted by Gasteiger charge is 2.33. The van der Waals surface area contributed by atoms with Crippen LogP contribution in [-0.2, 0) is 29.0 Å². The van der Waals surface area contributed by atoms with Gasteiger partial charge in [0.05, 0.1) is 16.6 Å². The molecule has 11 heteroatoms. The molecule has 0 spiro atoms. The molecule has 0 amide bonds. The van der Waals surface area contributed by atoms with Gasteiger partial charge in [-0.1, -0.05) is 19.4 Å². The molecule has 208 valence electrons. The number of hydrogen-bond acceptors (Lipinski definition) is 4. The first-order chi connectivity index (χ1) is 17.1. The Balaban J connectivity index is 1.99. The van der Waals surface area contributed by atoms with Crippen LogP contribution >= 0.6 is 0 Å². The van der Waals surface area contributed by atoms with Gasteiger partial charge in [0, 0.05) is 31.2 Å². The predicted molar refractivity (Wildman–Crippen MR) is 133 cm³/mol. The van der Waals surface area contributed by atoms with Crippen molar-refractivity contribution in [2.75, 3.05) is 20.1 Å². The maximum absolute atomic E-state index is 13.8. The largest absolute Gasteiger partial charge is 0.416 e. The number of aliphatic hydroxyl groups is 1. The van der Waals surface area contributed by atoms with E-state index >= 15 is 0 Å². The molecule has 0 aliphatic rings. The van der Waals surface area contributed by atoms with Crippen molar-refractivity contribution in [1.29, 1.82) is 0 Å². The minimum Gasteiger partial charge on any atom is -0.390 e. The van der Waals surface area contributed by atoms with E-state index in [0.717, 1.165) is 10.4 Å². The van der Waals surface area contributed by atoms with E-state index in [1.54, 1.807) is 6.92 Å². The fourth-order valence-corrected chi connectivity index (χ4v) is 5.31. The van der Waals surface area contributed by atoms with E-state index < -0.39 is 49.9 Å². The summed E-state index contributed by atoms with van der Waals surface area (Å²) in [6.45, 7) is 5.13. The summed E-state index contributed by atoms with van der Waals surface area (Å²) in [5.41, 5.74) is -1.29. The molecule has 0 fully saturated rings. The summed E-state index contributed by atoms with van der Waals surface area (Å²) >= 11 is 0. The molecule has 2 aromatic carbocycles. The second-order valence-electron chi connectivity index (χ2n) is 9.87. The van der Waals surface area contributed by atoms with E-state index in [9.17, 15) is 35.5 Å². The summed E-state index contributed by atoms with van der Waals surface area (Å²) in [6, 6.07) is 6.49. The zero-order valence-corrected chi connectivity index (χ0v) is 22.3. The summed E-state index contributed by atoms with van der Waals surface area (Å²) in [7, 11) is -3.09. The van der Waals surface area contributed by atoms with Crippen LogP contribution in [0.5, 0.6) is 0 Å². The number of aliphatic hydroxyl groups excluding tert-OH is 1. The first-order valence-corrected chi connectivity index (χ1v) is 13.5. The lowest BCUT2D eigenvalue weighted by molar-refractivity contribution is -0.137. The molecule has 0 aromatic heterocycles. The Morgan fingerprint density at radius 1 is 1.05 bits per heavy atom. The van der Waals surface area contributed by atoms with Crippen molar-refractivity contribution in [3.63, 3.8) is 0 Å². The average molecular weight is 551 g/mol. The Morgan fingerprint density at radius 3 is 2.24 bits per heavy atom. The molecule has 0 radical (unpaired) electrons. The Hall–Kier alpha value is -2.08. The summed E-state index contributed by atoms with van der Waals surface area (Å²) in [5, 5.41) is 13.6. The van der Waals surface area contributed by atoms with E-state index in [2.05, 4.69) is 5.32 Å². The van der Waals surface area contributed by atoms with Crippen LogP contribution in [-0.4, -0.2) is 49.6 Å². The lowest BCUT2D eigenvalue weighted by Crippen LogP contribution is -2.46. The van der Waals surface area contributed by atoms with Gasteiger partial charge in [-0.15, -0.1) is 0 Å². The fourth-order valence-electron chi connectivity index (χ4n) is 4.01. The summed E-state index contributed by atoms with van der Waals surface area (Å²) < 4.78 is 94.4. The fraction of sp³-hybridized carbons (Fsp3) is 0.538. The number of alkyl halides is 3. The van der Waals surface area contributed by atoms with Gasteiger partial charge in [0.2, 0.25) is 10.0 Å². The summed E-state index contributed by atoms with van der Waals surface area (Å²) in [5.74, 6) is -1.21. The van der Waals surface area contributed by atoms with Gasteiger partial charge >= 0.3 is 6.18 Å². The highest BCUT2D eigenvalue weighted by molar-refractivity contribution is 7.89. The minimum absolute atomic E-state index is 0.00456. The van der Waals surface area contributed by atoms with Crippen LogP contribution in [0, 0.1) is 11.6 Å². The Bertz CT molecular complexity index is 1130. The van der Waals surface area contributed by atoms with Gasteiger partial charge < -0.3 is 10.4 Å². The highest BCUT2D eigenvalue weighted by atomic mass is 32.2. The lowest BCUT2D eigenvalue weighted by Gasteiger charge is -2.29.